The van der Waals surface area contributed by atoms with Crippen LogP contribution in [0.1, 0.15) is 5.69 Å². The molecule has 0 bridgehead atoms. The Balaban J connectivity index is 2.70. The highest BCUT2D eigenvalue weighted by atomic mass is 32.1. The molecule has 0 aliphatic rings. The largest absolute Gasteiger partial charge is 0.315 e. The zero-order valence-corrected chi connectivity index (χ0v) is 9.18. The van der Waals surface area contributed by atoms with Gasteiger partial charge in [0.1, 0.15) is 0 Å². The second-order valence-corrected chi connectivity index (χ2v) is 3.65. The molecular formula is C9H10N4OS. The first-order valence-corrected chi connectivity index (χ1v) is 4.82. The summed E-state index contributed by atoms with van der Waals surface area (Å²) in [5.74, 6) is 0.473. The first kappa shape index (κ1) is 9.85. The molecule has 5 nitrogen and oxygen atoms in total. The molecule has 2 heterocycles. The van der Waals surface area contributed by atoms with E-state index in [0.29, 0.717) is 16.2 Å². The summed E-state index contributed by atoms with van der Waals surface area (Å²) in [6, 6.07) is 3.60. The Kier molecular flexibility index (Phi) is 2.28. The number of nitrogens with one attached hydrogen (secondary N) is 2. The minimum Gasteiger partial charge on any atom is -0.315 e. The molecular weight excluding hydrogens is 212 g/mol. The molecule has 0 fully saturated rings. The lowest BCUT2D eigenvalue weighted by atomic mass is 10.2. The SMILES string of the molecule is Cc1ccc(-c2nc(=S)[nH][nH]2)c(=O)n1C. The van der Waals surface area contributed by atoms with Crippen molar-refractivity contribution in [3.8, 4) is 11.4 Å². The maximum absolute atomic E-state index is 11.9. The Bertz CT molecular complexity index is 607. The summed E-state index contributed by atoms with van der Waals surface area (Å²) >= 11 is 4.83. The lowest BCUT2D eigenvalue weighted by Crippen LogP contribution is -2.20. The minimum absolute atomic E-state index is 0.0900. The monoisotopic (exact) mass is 222 g/mol. The van der Waals surface area contributed by atoms with Gasteiger partial charge in [0.25, 0.3) is 5.56 Å². The van der Waals surface area contributed by atoms with Crippen LogP contribution >= 0.6 is 12.2 Å². The summed E-state index contributed by atoms with van der Waals surface area (Å²) in [4.78, 5) is 15.9. The van der Waals surface area contributed by atoms with Crippen LogP contribution in [0.4, 0.5) is 0 Å². The highest BCUT2D eigenvalue weighted by Crippen LogP contribution is 2.08. The molecule has 0 saturated heterocycles. The first-order chi connectivity index (χ1) is 7.09. The summed E-state index contributed by atoms with van der Waals surface area (Å²) in [7, 11) is 1.72. The molecule has 0 aliphatic heterocycles. The predicted molar refractivity (Wildman–Crippen MR) is 59.2 cm³/mol. The second kappa shape index (κ2) is 3.47. The van der Waals surface area contributed by atoms with Gasteiger partial charge >= 0.3 is 0 Å². The zero-order valence-electron chi connectivity index (χ0n) is 8.37. The van der Waals surface area contributed by atoms with E-state index in [1.54, 1.807) is 17.7 Å². The Morgan fingerprint density at radius 3 is 2.73 bits per heavy atom. The summed E-state index contributed by atoms with van der Waals surface area (Å²) in [6.07, 6.45) is 0. The molecule has 0 spiro atoms. The van der Waals surface area contributed by atoms with E-state index in [1.165, 1.54) is 0 Å². The van der Waals surface area contributed by atoms with Gasteiger partial charge in [-0.2, -0.15) is 4.98 Å². The van der Waals surface area contributed by atoms with Crippen LogP contribution in [0.25, 0.3) is 11.4 Å². The van der Waals surface area contributed by atoms with E-state index in [4.69, 9.17) is 12.2 Å². The summed E-state index contributed by atoms with van der Waals surface area (Å²) in [5.41, 5.74) is 1.32. The Hall–Kier alpha value is -1.69. The first-order valence-electron chi connectivity index (χ1n) is 4.41. The van der Waals surface area contributed by atoms with E-state index in [9.17, 15) is 4.79 Å². The molecule has 2 aromatic rings. The van der Waals surface area contributed by atoms with Crippen molar-refractivity contribution in [1.29, 1.82) is 0 Å². The lowest BCUT2D eigenvalue weighted by molar-refractivity contribution is 0.819. The standard InChI is InChI=1S/C9H10N4OS/c1-5-3-4-6(8(14)13(5)2)7-10-9(15)12-11-7/h3-4H,1-2H3,(H2,10,11,12,15). The van der Waals surface area contributed by atoms with Crippen LogP contribution in [0, 0.1) is 11.7 Å². The fraction of sp³-hybridized carbons (Fsp3) is 0.222. The number of rotatable bonds is 1. The third-order valence-electron chi connectivity index (χ3n) is 2.31. The summed E-state index contributed by atoms with van der Waals surface area (Å²) in [6.45, 7) is 1.87. The van der Waals surface area contributed by atoms with E-state index in [0.717, 1.165) is 5.69 Å². The van der Waals surface area contributed by atoms with Crippen LogP contribution in [0.2, 0.25) is 0 Å². The molecule has 0 aromatic carbocycles. The third-order valence-corrected chi connectivity index (χ3v) is 2.50. The van der Waals surface area contributed by atoms with Crippen molar-refractivity contribution in [1.82, 2.24) is 19.7 Å². The summed E-state index contributed by atoms with van der Waals surface area (Å²) < 4.78 is 1.91. The molecule has 2 aromatic heterocycles. The van der Waals surface area contributed by atoms with Gasteiger partial charge in [-0.25, -0.2) is 0 Å². The average Bonchev–Trinajstić information content (AvgIpc) is 2.61. The summed E-state index contributed by atoms with van der Waals surface area (Å²) in [5, 5.41) is 5.41. The number of H-pyrrole nitrogens is 2. The van der Waals surface area contributed by atoms with Gasteiger partial charge in [0.2, 0.25) is 4.77 Å². The fourth-order valence-electron chi connectivity index (χ4n) is 1.31. The van der Waals surface area contributed by atoms with E-state index in [1.807, 2.05) is 13.0 Å². The van der Waals surface area contributed by atoms with Gasteiger partial charge in [-0.3, -0.25) is 15.0 Å². The predicted octanol–water partition coefficient (Wildman–Crippen LogP) is 1.14. The van der Waals surface area contributed by atoms with Crippen LogP contribution in [0.5, 0.6) is 0 Å². The van der Waals surface area contributed by atoms with Gasteiger partial charge < -0.3 is 4.57 Å². The Labute approximate surface area is 90.8 Å². The lowest BCUT2D eigenvalue weighted by Gasteiger charge is -2.04. The van der Waals surface area contributed by atoms with E-state index in [2.05, 4.69) is 15.2 Å². The van der Waals surface area contributed by atoms with E-state index in [-0.39, 0.29) is 5.56 Å². The molecule has 0 atom stereocenters. The van der Waals surface area contributed by atoms with Gasteiger partial charge in [0, 0.05) is 12.7 Å². The van der Waals surface area contributed by atoms with Crippen LogP contribution in [0.3, 0.4) is 0 Å². The van der Waals surface area contributed by atoms with Gasteiger partial charge in [0.15, 0.2) is 5.82 Å². The molecule has 2 N–H and O–H groups in total. The molecule has 2 rings (SSSR count). The number of pyridine rings is 1. The third kappa shape index (κ3) is 1.63. The van der Waals surface area contributed by atoms with Crippen molar-refractivity contribution in [2.75, 3.05) is 0 Å². The minimum atomic E-state index is -0.0900. The molecule has 0 aliphatic carbocycles. The number of nitrogens with zero attached hydrogens (tertiary/aromatic N) is 2. The van der Waals surface area contributed by atoms with Crippen molar-refractivity contribution in [2.45, 2.75) is 6.92 Å². The van der Waals surface area contributed by atoms with Crippen LogP contribution < -0.4 is 5.56 Å². The number of aromatic amines is 2. The van der Waals surface area contributed by atoms with Gasteiger partial charge in [-0.1, -0.05) is 0 Å². The number of aryl methyl sites for hydroxylation is 1. The average molecular weight is 222 g/mol. The molecule has 0 saturated carbocycles. The number of aromatic nitrogens is 4. The van der Waals surface area contributed by atoms with Crippen molar-refractivity contribution >= 4 is 12.2 Å². The van der Waals surface area contributed by atoms with Crippen LogP contribution in [-0.2, 0) is 7.05 Å². The normalized spacial score (nSPS) is 10.5. The fourth-order valence-corrected chi connectivity index (χ4v) is 1.45. The maximum atomic E-state index is 11.9. The highest BCUT2D eigenvalue weighted by Gasteiger charge is 2.08. The van der Waals surface area contributed by atoms with Crippen LogP contribution in [0.15, 0.2) is 16.9 Å². The molecule has 0 radical (unpaired) electrons. The van der Waals surface area contributed by atoms with Crippen molar-refractivity contribution in [3.63, 3.8) is 0 Å². The topological polar surface area (TPSA) is 66.5 Å². The Morgan fingerprint density at radius 1 is 1.40 bits per heavy atom. The van der Waals surface area contributed by atoms with Crippen LogP contribution in [-0.4, -0.2) is 19.7 Å². The molecule has 15 heavy (non-hydrogen) atoms. The molecule has 6 heteroatoms. The van der Waals surface area contributed by atoms with Crippen molar-refractivity contribution in [3.05, 3.63) is 33.0 Å². The van der Waals surface area contributed by atoms with E-state index >= 15 is 0 Å². The van der Waals surface area contributed by atoms with Crippen molar-refractivity contribution in [2.24, 2.45) is 7.05 Å². The molecule has 0 amide bonds. The van der Waals surface area contributed by atoms with Gasteiger partial charge in [-0.05, 0) is 31.3 Å². The molecule has 78 valence electrons. The van der Waals surface area contributed by atoms with Gasteiger partial charge in [0.05, 0.1) is 5.56 Å². The zero-order chi connectivity index (χ0) is 11.0. The number of hydrogen-bond acceptors (Lipinski definition) is 3. The second-order valence-electron chi connectivity index (χ2n) is 3.27. The van der Waals surface area contributed by atoms with Crippen molar-refractivity contribution < 1.29 is 0 Å². The smallest absolute Gasteiger partial charge is 0.261 e. The number of hydrogen-bond donors (Lipinski definition) is 2. The maximum Gasteiger partial charge on any atom is 0.261 e. The van der Waals surface area contributed by atoms with E-state index < -0.39 is 0 Å². The Morgan fingerprint density at radius 2 is 2.13 bits per heavy atom. The highest BCUT2D eigenvalue weighted by molar-refractivity contribution is 7.71. The molecule has 0 unspecified atom stereocenters. The van der Waals surface area contributed by atoms with Gasteiger partial charge in [-0.15, -0.1) is 0 Å². The quantitative estimate of drug-likeness (QED) is 0.711.